The van der Waals surface area contributed by atoms with Gasteiger partial charge in [0.15, 0.2) is 17.3 Å². The van der Waals surface area contributed by atoms with Crippen LogP contribution in [0.1, 0.15) is 63.0 Å². The van der Waals surface area contributed by atoms with E-state index in [1.165, 1.54) is 14.0 Å². The summed E-state index contributed by atoms with van der Waals surface area (Å²) in [7, 11) is 1.48. The van der Waals surface area contributed by atoms with Crippen molar-refractivity contribution >= 4 is 17.7 Å². The van der Waals surface area contributed by atoms with Crippen molar-refractivity contribution in [2.45, 2.75) is 51.9 Å². The van der Waals surface area contributed by atoms with Crippen LogP contribution in [0.5, 0.6) is 11.5 Å². The molecule has 2 aliphatic rings. The summed E-state index contributed by atoms with van der Waals surface area (Å²) in [6.07, 6.45) is 1.69. The van der Waals surface area contributed by atoms with Gasteiger partial charge in [0.1, 0.15) is 0 Å². The summed E-state index contributed by atoms with van der Waals surface area (Å²) in [5.74, 6) is -0.914. The fourth-order valence-electron chi connectivity index (χ4n) is 4.98. The van der Waals surface area contributed by atoms with Gasteiger partial charge in [-0.25, -0.2) is 4.79 Å². The first-order chi connectivity index (χ1) is 17.3. The standard InChI is InChI=1S/C29H31NO6/c1-5-13-35-29(33)26-17(2)30-22-14-21(19-9-7-6-8-10-19)15-23(32)28(22)27(26)20-11-12-24(36-18(3)31)25(16-20)34-4/h6-12,16,21,27,30H,5,13-15H2,1-4H3. The molecule has 1 aliphatic carbocycles. The van der Waals surface area contributed by atoms with Crippen LogP contribution in [0.3, 0.4) is 0 Å². The van der Waals surface area contributed by atoms with Crippen LogP contribution in [0.25, 0.3) is 0 Å². The minimum absolute atomic E-state index is 0.0149. The van der Waals surface area contributed by atoms with Crippen LogP contribution in [-0.4, -0.2) is 31.4 Å². The molecule has 0 bridgehead atoms. The molecule has 7 heteroatoms. The predicted octanol–water partition coefficient (Wildman–Crippen LogP) is 4.94. The quantitative estimate of drug-likeness (QED) is 0.435. The number of Topliss-reactive ketones (excluding diaryl/α,β-unsaturated/α-hetero) is 1. The van der Waals surface area contributed by atoms with E-state index in [0.29, 0.717) is 47.4 Å². The maximum absolute atomic E-state index is 13.7. The topological polar surface area (TPSA) is 90.9 Å². The summed E-state index contributed by atoms with van der Waals surface area (Å²) in [4.78, 5) is 38.4. The van der Waals surface area contributed by atoms with Crippen LogP contribution in [0.4, 0.5) is 0 Å². The normalized spacial score (nSPS) is 19.4. The maximum atomic E-state index is 13.7. The molecule has 0 saturated heterocycles. The molecular weight excluding hydrogens is 458 g/mol. The van der Waals surface area contributed by atoms with Gasteiger partial charge in [-0.2, -0.15) is 0 Å². The van der Waals surface area contributed by atoms with Crippen molar-refractivity contribution in [1.82, 2.24) is 5.32 Å². The number of hydrogen-bond donors (Lipinski definition) is 1. The Morgan fingerprint density at radius 3 is 2.44 bits per heavy atom. The number of benzene rings is 2. The minimum atomic E-state index is -0.630. The number of ketones is 1. The van der Waals surface area contributed by atoms with Crippen molar-refractivity contribution in [2.24, 2.45) is 0 Å². The Kier molecular flexibility index (Phi) is 7.58. The Morgan fingerprint density at radius 2 is 1.78 bits per heavy atom. The van der Waals surface area contributed by atoms with Crippen LogP contribution >= 0.6 is 0 Å². The lowest BCUT2D eigenvalue weighted by atomic mass is 9.71. The van der Waals surface area contributed by atoms with E-state index in [9.17, 15) is 14.4 Å². The van der Waals surface area contributed by atoms with Gasteiger partial charge < -0.3 is 19.5 Å². The van der Waals surface area contributed by atoms with E-state index < -0.39 is 17.9 Å². The summed E-state index contributed by atoms with van der Waals surface area (Å²) in [5, 5.41) is 3.36. The molecule has 4 rings (SSSR count). The Balaban J connectivity index is 1.81. The van der Waals surface area contributed by atoms with E-state index in [1.807, 2.05) is 44.2 Å². The number of dihydropyridines is 1. The van der Waals surface area contributed by atoms with Gasteiger partial charge in [0.25, 0.3) is 0 Å². The monoisotopic (exact) mass is 489 g/mol. The number of carbonyl (C=O) groups excluding carboxylic acids is 3. The Morgan fingerprint density at radius 1 is 1.03 bits per heavy atom. The molecule has 1 aliphatic heterocycles. The second-order valence-electron chi connectivity index (χ2n) is 9.07. The summed E-state index contributed by atoms with van der Waals surface area (Å²) in [6.45, 7) is 5.36. The van der Waals surface area contributed by atoms with Gasteiger partial charge in [-0.1, -0.05) is 43.3 Å². The molecule has 0 radical (unpaired) electrons. The average molecular weight is 490 g/mol. The van der Waals surface area contributed by atoms with Gasteiger partial charge in [0.2, 0.25) is 0 Å². The number of nitrogens with one attached hydrogen (secondary N) is 1. The number of ether oxygens (including phenoxy) is 3. The van der Waals surface area contributed by atoms with Gasteiger partial charge in [0, 0.05) is 36.2 Å². The molecule has 2 unspecified atom stereocenters. The zero-order chi connectivity index (χ0) is 25.8. The second-order valence-corrected chi connectivity index (χ2v) is 9.07. The van der Waals surface area contributed by atoms with E-state index in [1.54, 1.807) is 18.2 Å². The molecule has 188 valence electrons. The molecule has 0 amide bonds. The van der Waals surface area contributed by atoms with Gasteiger partial charge in [0.05, 0.1) is 19.3 Å². The zero-order valence-corrected chi connectivity index (χ0v) is 21.1. The third-order valence-corrected chi connectivity index (χ3v) is 6.53. The van der Waals surface area contributed by atoms with E-state index in [2.05, 4.69) is 5.32 Å². The summed E-state index contributed by atoms with van der Waals surface area (Å²) < 4.78 is 16.3. The van der Waals surface area contributed by atoms with Gasteiger partial charge >= 0.3 is 11.9 Å². The van der Waals surface area contributed by atoms with Crippen molar-refractivity contribution in [1.29, 1.82) is 0 Å². The zero-order valence-electron chi connectivity index (χ0n) is 21.1. The highest BCUT2D eigenvalue weighted by atomic mass is 16.6. The van der Waals surface area contributed by atoms with Crippen LogP contribution in [-0.2, 0) is 19.1 Å². The first-order valence-electron chi connectivity index (χ1n) is 12.2. The van der Waals surface area contributed by atoms with Crippen molar-refractivity contribution in [3.63, 3.8) is 0 Å². The number of carbonyl (C=O) groups is 3. The molecule has 2 aromatic carbocycles. The molecule has 36 heavy (non-hydrogen) atoms. The van der Waals surface area contributed by atoms with Crippen molar-refractivity contribution in [3.8, 4) is 11.5 Å². The lowest BCUT2D eigenvalue weighted by Gasteiger charge is -2.36. The molecule has 2 aromatic rings. The molecule has 0 saturated carbocycles. The maximum Gasteiger partial charge on any atom is 0.336 e. The first kappa shape index (κ1) is 25.2. The van der Waals surface area contributed by atoms with Crippen molar-refractivity contribution < 1.29 is 28.6 Å². The number of esters is 2. The van der Waals surface area contributed by atoms with E-state index in [0.717, 1.165) is 11.3 Å². The number of allylic oxidation sites excluding steroid dienone is 3. The molecule has 0 aromatic heterocycles. The third kappa shape index (κ3) is 5.05. The second kappa shape index (κ2) is 10.8. The minimum Gasteiger partial charge on any atom is -0.493 e. The number of hydrogen-bond acceptors (Lipinski definition) is 7. The average Bonchev–Trinajstić information content (AvgIpc) is 2.86. The lowest BCUT2D eigenvalue weighted by molar-refractivity contribution is -0.139. The molecule has 1 heterocycles. The Bertz CT molecular complexity index is 1240. The van der Waals surface area contributed by atoms with Crippen LogP contribution in [0.2, 0.25) is 0 Å². The fraction of sp³-hybridized carbons (Fsp3) is 0.345. The Labute approximate surface area is 211 Å². The smallest absolute Gasteiger partial charge is 0.336 e. The molecule has 0 fully saturated rings. The fourth-order valence-corrected chi connectivity index (χ4v) is 4.98. The third-order valence-electron chi connectivity index (χ3n) is 6.53. The van der Waals surface area contributed by atoms with Crippen molar-refractivity contribution in [3.05, 3.63) is 82.2 Å². The largest absolute Gasteiger partial charge is 0.493 e. The van der Waals surface area contributed by atoms with Crippen molar-refractivity contribution in [2.75, 3.05) is 13.7 Å². The van der Waals surface area contributed by atoms with Crippen LogP contribution < -0.4 is 14.8 Å². The molecule has 0 spiro atoms. The number of rotatable bonds is 7. The lowest BCUT2D eigenvalue weighted by Crippen LogP contribution is -2.36. The van der Waals surface area contributed by atoms with E-state index in [-0.39, 0.29) is 24.1 Å². The molecule has 1 N–H and O–H groups in total. The van der Waals surface area contributed by atoms with Gasteiger partial charge in [-0.15, -0.1) is 0 Å². The highest BCUT2D eigenvalue weighted by molar-refractivity contribution is 6.04. The predicted molar refractivity (Wildman–Crippen MR) is 135 cm³/mol. The van der Waals surface area contributed by atoms with E-state index in [4.69, 9.17) is 14.2 Å². The summed E-state index contributed by atoms with van der Waals surface area (Å²) in [5.41, 5.74) is 4.24. The summed E-state index contributed by atoms with van der Waals surface area (Å²) in [6, 6.07) is 15.1. The molecular formula is C29H31NO6. The molecule has 7 nitrogen and oxygen atoms in total. The first-order valence-corrected chi connectivity index (χ1v) is 12.2. The molecule has 2 atom stereocenters. The van der Waals surface area contributed by atoms with Gasteiger partial charge in [-0.3, -0.25) is 9.59 Å². The Hall–Kier alpha value is -3.87. The highest BCUT2D eigenvalue weighted by Gasteiger charge is 2.41. The number of methoxy groups -OCH3 is 1. The highest BCUT2D eigenvalue weighted by Crippen LogP contribution is 2.47. The van der Waals surface area contributed by atoms with Gasteiger partial charge in [-0.05, 0) is 48.9 Å². The summed E-state index contributed by atoms with van der Waals surface area (Å²) >= 11 is 0. The SMILES string of the molecule is CCCOC(=O)C1=C(C)NC2=C(C(=O)CC(c3ccccc3)C2)C1c1ccc(OC(C)=O)c(OC)c1. The van der Waals surface area contributed by atoms with E-state index >= 15 is 0 Å². The van der Waals surface area contributed by atoms with Crippen LogP contribution in [0.15, 0.2) is 71.1 Å². The van der Waals surface area contributed by atoms with Crippen LogP contribution in [0, 0.1) is 0 Å².